The van der Waals surface area contributed by atoms with E-state index in [1.165, 1.54) is 31.2 Å². The van der Waals surface area contributed by atoms with Crippen molar-refractivity contribution in [3.8, 4) is 0 Å². The summed E-state index contributed by atoms with van der Waals surface area (Å²) >= 11 is 1.74. The van der Waals surface area contributed by atoms with Crippen molar-refractivity contribution in [2.24, 2.45) is 11.7 Å². The summed E-state index contributed by atoms with van der Waals surface area (Å²) in [6.07, 6.45) is 5.10. The lowest BCUT2D eigenvalue weighted by atomic mass is 9.70. The summed E-state index contributed by atoms with van der Waals surface area (Å²) in [7, 11) is 4.37. The van der Waals surface area contributed by atoms with Gasteiger partial charge < -0.3 is 10.6 Å². The molecule has 2 N–H and O–H groups in total. The minimum atomic E-state index is 0.145. The van der Waals surface area contributed by atoms with Crippen LogP contribution >= 0.6 is 11.3 Å². The Morgan fingerprint density at radius 3 is 2.82 bits per heavy atom. The molecule has 1 heterocycles. The Morgan fingerprint density at radius 2 is 2.29 bits per heavy atom. The van der Waals surface area contributed by atoms with Crippen LogP contribution in [0.3, 0.4) is 0 Å². The molecule has 1 aromatic rings. The van der Waals surface area contributed by atoms with E-state index < -0.39 is 0 Å². The predicted octanol–water partition coefficient (Wildman–Crippen LogP) is 3.26. The van der Waals surface area contributed by atoms with Crippen LogP contribution in [-0.4, -0.2) is 24.5 Å². The summed E-state index contributed by atoms with van der Waals surface area (Å²) in [6, 6.07) is 2.33. The molecule has 1 aliphatic rings. The molecule has 2 nitrogen and oxygen atoms in total. The Balaban J connectivity index is 2.27. The third-order valence-corrected chi connectivity index (χ3v) is 5.08. The van der Waals surface area contributed by atoms with Crippen LogP contribution < -0.4 is 5.73 Å². The molecule has 0 aliphatic heterocycles. The molecule has 0 radical (unpaired) electrons. The molecular weight excluding hydrogens is 228 g/mol. The smallest absolute Gasteiger partial charge is 0.0490 e. The van der Waals surface area contributed by atoms with Crippen molar-refractivity contribution in [3.05, 3.63) is 22.4 Å². The second kappa shape index (κ2) is 5.09. The fourth-order valence-electron chi connectivity index (χ4n) is 3.29. The van der Waals surface area contributed by atoms with Crippen molar-refractivity contribution in [2.45, 2.75) is 44.2 Å². The molecule has 0 amide bonds. The van der Waals surface area contributed by atoms with E-state index in [-0.39, 0.29) is 11.6 Å². The molecule has 1 saturated carbocycles. The quantitative estimate of drug-likeness (QED) is 0.894. The first-order valence-corrected chi connectivity index (χ1v) is 7.45. The average Bonchev–Trinajstić information content (AvgIpc) is 2.81. The Kier molecular flexibility index (Phi) is 3.91. The van der Waals surface area contributed by atoms with E-state index in [1.54, 1.807) is 11.3 Å². The topological polar surface area (TPSA) is 29.3 Å². The van der Waals surface area contributed by atoms with Crippen molar-refractivity contribution in [1.29, 1.82) is 0 Å². The number of rotatable bonds is 3. The molecular formula is C14H24N2S. The van der Waals surface area contributed by atoms with E-state index in [1.807, 2.05) is 0 Å². The standard InChI is InChI=1S/C14H24N2S/c1-11-5-4-7-14(9-11,16(2)3)13(15)12-6-8-17-10-12/h6,8,10-11,13H,4-5,7,9,15H2,1-3H3. The first-order valence-electron chi connectivity index (χ1n) is 6.51. The van der Waals surface area contributed by atoms with E-state index in [9.17, 15) is 0 Å². The second-order valence-electron chi connectivity index (χ2n) is 5.73. The minimum Gasteiger partial charge on any atom is -0.322 e. The number of thiophene rings is 1. The zero-order valence-corrected chi connectivity index (χ0v) is 12.0. The Bertz CT molecular complexity index is 347. The van der Waals surface area contributed by atoms with Crippen LogP contribution in [0.4, 0.5) is 0 Å². The van der Waals surface area contributed by atoms with Gasteiger partial charge in [0.25, 0.3) is 0 Å². The van der Waals surface area contributed by atoms with E-state index in [0.29, 0.717) is 0 Å². The molecule has 0 aromatic carbocycles. The van der Waals surface area contributed by atoms with Crippen LogP contribution in [0.15, 0.2) is 16.8 Å². The highest BCUT2D eigenvalue weighted by atomic mass is 32.1. The van der Waals surface area contributed by atoms with Gasteiger partial charge in [-0.15, -0.1) is 0 Å². The second-order valence-corrected chi connectivity index (χ2v) is 6.51. The van der Waals surface area contributed by atoms with Crippen molar-refractivity contribution >= 4 is 11.3 Å². The molecule has 0 bridgehead atoms. The van der Waals surface area contributed by atoms with Gasteiger partial charge in [0.15, 0.2) is 0 Å². The first kappa shape index (κ1) is 13.1. The van der Waals surface area contributed by atoms with Crippen LogP contribution in [0.25, 0.3) is 0 Å². The van der Waals surface area contributed by atoms with Crippen LogP contribution in [0.5, 0.6) is 0 Å². The third-order valence-electron chi connectivity index (χ3n) is 4.38. The number of nitrogens with two attached hydrogens (primary N) is 1. The van der Waals surface area contributed by atoms with Crippen LogP contribution in [0, 0.1) is 5.92 Å². The number of likely N-dealkylation sites (N-methyl/N-ethyl adjacent to an activating group) is 1. The lowest BCUT2D eigenvalue weighted by Crippen LogP contribution is -2.54. The molecule has 3 atom stereocenters. The van der Waals surface area contributed by atoms with Crippen molar-refractivity contribution in [3.63, 3.8) is 0 Å². The average molecular weight is 252 g/mol. The molecule has 1 fully saturated rings. The van der Waals surface area contributed by atoms with Gasteiger partial charge in [0, 0.05) is 11.6 Å². The normalized spacial score (nSPS) is 31.7. The summed E-state index contributed by atoms with van der Waals surface area (Å²) < 4.78 is 0. The van der Waals surface area contributed by atoms with Crippen molar-refractivity contribution in [1.82, 2.24) is 4.90 Å². The Morgan fingerprint density at radius 1 is 1.53 bits per heavy atom. The van der Waals surface area contributed by atoms with Gasteiger partial charge in [0.05, 0.1) is 0 Å². The first-order chi connectivity index (χ1) is 8.06. The monoisotopic (exact) mass is 252 g/mol. The largest absolute Gasteiger partial charge is 0.322 e. The molecule has 0 saturated heterocycles. The molecule has 3 unspecified atom stereocenters. The maximum atomic E-state index is 6.58. The summed E-state index contributed by atoms with van der Waals surface area (Å²) in [5.41, 5.74) is 8.03. The van der Waals surface area contributed by atoms with Crippen LogP contribution in [0.2, 0.25) is 0 Å². The molecule has 1 aromatic heterocycles. The van der Waals surface area contributed by atoms with Crippen LogP contribution in [-0.2, 0) is 0 Å². The third kappa shape index (κ3) is 2.42. The van der Waals surface area contributed by atoms with E-state index in [0.717, 1.165) is 5.92 Å². The highest BCUT2D eigenvalue weighted by Gasteiger charge is 2.42. The fraction of sp³-hybridized carbons (Fsp3) is 0.714. The molecule has 0 spiro atoms. The molecule has 2 rings (SSSR count). The number of hydrogen-bond donors (Lipinski definition) is 1. The highest BCUT2D eigenvalue weighted by molar-refractivity contribution is 7.07. The summed E-state index contributed by atoms with van der Waals surface area (Å²) in [6.45, 7) is 2.36. The number of hydrogen-bond acceptors (Lipinski definition) is 3. The van der Waals surface area contributed by atoms with Gasteiger partial charge in [0.1, 0.15) is 0 Å². The van der Waals surface area contributed by atoms with Crippen LogP contribution in [0.1, 0.15) is 44.2 Å². The number of nitrogens with zero attached hydrogens (tertiary/aromatic N) is 1. The maximum absolute atomic E-state index is 6.58. The summed E-state index contributed by atoms with van der Waals surface area (Å²) in [5, 5.41) is 4.33. The SMILES string of the molecule is CC1CCCC(C(N)c2ccsc2)(N(C)C)C1. The van der Waals surface area contributed by atoms with Gasteiger partial charge in [-0.2, -0.15) is 11.3 Å². The Labute approximate surface area is 109 Å². The van der Waals surface area contributed by atoms with Crippen molar-refractivity contribution < 1.29 is 0 Å². The van der Waals surface area contributed by atoms with Gasteiger partial charge in [-0.1, -0.05) is 19.8 Å². The van der Waals surface area contributed by atoms with Gasteiger partial charge >= 0.3 is 0 Å². The Hall–Kier alpha value is -0.380. The lowest BCUT2D eigenvalue weighted by molar-refractivity contribution is 0.0501. The van der Waals surface area contributed by atoms with Crippen molar-refractivity contribution in [2.75, 3.05) is 14.1 Å². The van der Waals surface area contributed by atoms with E-state index in [2.05, 4.69) is 42.7 Å². The minimum absolute atomic E-state index is 0.145. The highest BCUT2D eigenvalue weighted by Crippen LogP contribution is 2.43. The zero-order valence-electron chi connectivity index (χ0n) is 11.1. The van der Waals surface area contributed by atoms with Gasteiger partial charge in [0.2, 0.25) is 0 Å². The van der Waals surface area contributed by atoms with Gasteiger partial charge in [-0.05, 0) is 55.2 Å². The lowest BCUT2D eigenvalue weighted by Gasteiger charge is -2.49. The van der Waals surface area contributed by atoms with Gasteiger partial charge in [-0.3, -0.25) is 0 Å². The summed E-state index contributed by atoms with van der Waals surface area (Å²) in [4.78, 5) is 2.37. The van der Waals surface area contributed by atoms with E-state index in [4.69, 9.17) is 5.73 Å². The maximum Gasteiger partial charge on any atom is 0.0490 e. The summed E-state index contributed by atoms with van der Waals surface area (Å²) in [5.74, 6) is 0.788. The predicted molar refractivity (Wildman–Crippen MR) is 75.3 cm³/mol. The molecule has 1 aliphatic carbocycles. The van der Waals surface area contributed by atoms with E-state index >= 15 is 0 Å². The molecule has 96 valence electrons. The molecule has 3 heteroatoms. The molecule has 17 heavy (non-hydrogen) atoms. The van der Waals surface area contributed by atoms with Gasteiger partial charge in [-0.25, -0.2) is 0 Å². The fourth-order valence-corrected chi connectivity index (χ4v) is 3.99. The zero-order chi connectivity index (χ0) is 12.5.